The molecule has 0 bridgehead atoms. The minimum atomic E-state index is -1.04. The number of nitrogens with one attached hydrogen (secondary N) is 1. The van der Waals surface area contributed by atoms with Crippen LogP contribution >= 0.6 is 0 Å². The third kappa shape index (κ3) is 8.65. The van der Waals surface area contributed by atoms with Crippen molar-refractivity contribution in [1.82, 2.24) is 5.32 Å². The molecular formula is C18H31NO6. The number of rotatable bonds is 9. The molecule has 144 valence electrons. The van der Waals surface area contributed by atoms with Crippen molar-refractivity contribution in [3.63, 3.8) is 0 Å². The number of ketones is 1. The Morgan fingerprint density at radius 1 is 0.840 bits per heavy atom. The first kappa shape index (κ1) is 23.1. The second-order valence-corrected chi connectivity index (χ2v) is 8.46. The fourth-order valence-corrected chi connectivity index (χ4v) is 2.56. The summed E-state index contributed by atoms with van der Waals surface area (Å²) >= 11 is 0. The molecule has 2 atom stereocenters. The lowest BCUT2D eigenvalue weighted by Gasteiger charge is -2.32. The number of amides is 1. The summed E-state index contributed by atoms with van der Waals surface area (Å²) in [5, 5.41) is 20.4. The number of hydrogen-bond donors (Lipinski definition) is 3. The van der Waals surface area contributed by atoms with Gasteiger partial charge in [0.15, 0.2) is 5.78 Å². The van der Waals surface area contributed by atoms with Crippen molar-refractivity contribution in [2.45, 2.75) is 73.3 Å². The normalized spacial score (nSPS) is 14.5. The van der Waals surface area contributed by atoms with Crippen LogP contribution in [0.25, 0.3) is 0 Å². The van der Waals surface area contributed by atoms with Gasteiger partial charge in [-0.25, -0.2) is 0 Å². The number of carbonyl (C=O) groups excluding carboxylic acids is 2. The fourth-order valence-electron chi connectivity index (χ4n) is 2.56. The van der Waals surface area contributed by atoms with E-state index in [1.54, 1.807) is 20.8 Å². The van der Waals surface area contributed by atoms with Crippen molar-refractivity contribution in [3.05, 3.63) is 0 Å². The summed E-state index contributed by atoms with van der Waals surface area (Å²) in [6.07, 6.45) is -0.225. The minimum absolute atomic E-state index is 0.00691. The molecule has 0 aromatic carbocycles. The van der Waals surface area contributed by atoms with E-state index in [0.29, 0.717) is 0 Å². The number of Topliss-reactive ketones (excluding diaryl/α,β-unsaturated/α-hetero) is 1. The number of carboxylic acids is 2. The summed E-state index contributed by atoms with van der Waals surface area (Å²) in [7, 11) is 0. The highest BCUT2D eigenvalue weighted by Crippen LogP contribution is 2.30. The molecule has 0 saturated carbocycles. The van der Waals surface area contributed by atoms with E-state index < -0.39 is 40.6 Å². The minimum Gasteiger partial charge on any atom is -0.481 e. The van der Waals surface area contributed by atoms with Gasteiger partial charge >= 0.3 is 11.9 Å². The predicted octanol–water partition coefficient (Wildman–Crippen LogP) is 2.48. The van der Waals surface area contributed by atoms with Crippen molar-refractivity contribution in [2.75, 3.05) is 0 Å². The Kier molecular flexibility index (Phi) is 8.28. The summed E-state index contributed by atoms with van der Waals surface area (Å²) in [6, 6.07) is -0.904. The van der Waals surface area contributed by atoms with E-state index in [9.17, 15) is 19.2 Å². The fraction of sp³-hybridized carbons (Fsp3) is 0.778. The highest BCUT2D eigenvalue weighted by molar-refractivity contribution is 5.93. The molecule has 1 amide bonds. The molecule has 7 heteroatoms. The molecule has 0 aliphatic rings. The largest absolute Gasteiger partial charge is 0.481 e. The average molecular weight is 357 g/mol. The van der Waals surface area contributed by atoms with Gasteiger partial charge in [-0.3, -0.25) is 19.2 Å². The molecule has 0 saturated heterocycles. The second-order valence-electron chi connectivity index (χ2n) is 8.46. The molecule has 0 aliphatic heterocycles. The number of carbonyl (C=O) groups is 4. The average Bonchev–Trinajstić information content (AvgIpc) is 2.39. The summed E-state index contributed by atoms with van der Waals surface area (Å²) in [5.74, 6) is -3.28. The van der Waals surface area contributed by atoms with E-state index in [0.717, 1.165) is 0 Å². The molecule has 0 rings (SSSR count). The van der Waals surface area contributed by atoms with Crippen LogP contribution in [0, 0.1) is 16.7 Å². The van der Waals surface area contributed by atoms with Crippen LogP contribution in [0.5, 0.6) is 0 Å². The molecule has 0 aromatic rings. The number of carboxylic acid groups (broad SMARTS) is 2. The van der Waals surface area contributed by atoms with Crippen LogP contribution in [0.4, 0.5) is 0 Å². The van der Waals surface area contributed by atoms with Gasteiger partial charge in [0.2, 0.25) is 5.91 Å². The van der Waals surface area contributed by atoms with Crippen LogP contribution in [-0.2, 0) is 19.2 Å². The maximum atomic E-state index is 12.7. The van der Waals surface area contributed by atoms with Gasteiger partial charge in [0.05, 0.1) is 6.04 Å². The Morgan fingerprint density at radius 3 is 1.64 bits per heavy atom. The van der Waals surface area contributed by atoms with Crippen LogP contribution in [0.3, 0.4) is 0 Å². The lowest BCUT2D eigenvalue weighted by molar-refractivity contribution is -0.141. The van der Waals surface area contributed by atoms with Crippen molar-refractivity contribution in [2.24, 2.45) is 16.7 Å². The van der Waals surface area contributed by atoms with Gasteiger partial charge in [0, 0.05) is 24.2 Å². The van der Waals surface area contributed by atoms with E-state index in [4.69, 9.17) is 10.2 Å². The molecule has 7 nitrogen and oxygen atoms in total. The zero-order valence-electron chi connectivity index (χ0n) is 16.0. The monoisotopic (exact) mass is 357 g/mol. The predicted molar refractivity (Wildman–Crippen MR) is 93.1 cm³/mol. The van der Waals surface area contributed by atoms with Crippen LogP contribution in [-0.4, -0.2) is 39.9 Å². The molecule has 0 aliphatic carbocycles. The van der Waals surface area contributed by atoms with Crippen LogP contribution in [0.1, 0.15) is 67.2 Å². The second kappa shape index (κ2) is 8.97. The first-order valence-corrected chi connectivity index (χ1v) is 8.44. The first-order valence-electron chi connectivity index (χ1n) is 8.44. The van der Waals surface area contributed by atoms with Crippen molar-refractivity contribution in [1.29, 1.82) is 0 Å². The molecule has 25 heavy (non-hydrogen) atoms. The SMILES string of the molecule is CC(C)(C)C(=O)C(CCC(=O)O)NC(=O)C(CCC(=O)O)C(C)(C)C. The highest BCUT2D eigenvalue weighted by atomic mass is 16.4. The van der Waals surface area contributed by atoms with Crippen molar-refractivity contribution in [3.8, 4) is 0 Å². The van der Waals surface area contributed by atoms with E-state index in [2.05, 4.69) is 5.32 Å². The maximum absolute atomic E-state index is 12.7. The van der Waals surface area contributed by atoms with Gasteiger partial charge in [-0.15, -0.1) is 0 Å². The van der Waals surface area contributed by atoms with Gasteiger partial charge in [-0.1, -0.05) is 41.5 Å². The first-order chi connectivity index (χ1) is 11.2. The third-order valence-electron chi connectivity index (χ3n) is 4.03. The van der Waals surface area contributed by atoms with E-state index in [1.165, 1.54) is 0 Å². The summed E-state index contributed by atoms with van der Waals surface area (Å²) in [4.78, 5) is 46.9. The summed E-state index contributed by atoms with van der Waals surface area (Å²) < 4.78 is 0. The number of aliphatic carboxylic acids is 2. The molecule has 2 unspecified atom stereocenters. The Labute approximate surface area is 149 Å². The molecular weight excluding hydrogens is 326 g/mol. The van der Waals surface area contributed by atoms with Crippen LogP contribution in [0.15, 0.2) is 0 Å². The standard InChI is InChI=1S/C18H31NO6/c1-17(2,3)11(7-9-13(20)21)16(25)19-12(8-10-14(22)23)15(24)18(4,5)6/h11-12H,7-10H2,1-6H3,(H,19,25)(H,20,21)(H,22,23). The van der Waals surface area contributed by atoms with E-state index in [-0.39, 0.29) is 31.5 Å². The van der Waals surface area contributed by atoms with E-state index in [1.807, 2.05) is 20.8 Å². The Balaban J connectivity index is 5.32. The molecule has 0 fully saturated rings. The Bertz CT molecular complexity index is 513. The zero-order chi connectivity index (χ0) is 20.0. The van der Waals surface area contributed by atoms with Gasteiger partial charge in [-0.05, 0) is 18.3 Å². The summed E-state index contributed by atoms with van der Waals surface area (Å²) in [5.41, 5.74) is -1.21. The van der Waals surface area contributed by atoms with Gasteiger partial charge in [0.25, 0.3) is 0 Å². The smallest absolute Gasteiger partial charge is 0.303 e. The highest BCUT2D eigenvalue weighted by Gasteiger charge is 2.36. The summed E-state index contributed by atoms with van der Waals surface area (Å²) in [6.45, 7) is 10.6. The molecule has 3 N–H and O–H groups in total. The van der Waals surface area contributed by atoms with Gasteiger partial charge in [-0.2, -0.15) is 0 Å². The zero-order valence-corrected chi connectivity index (χ0v) is 16.0. The molecule has 0 spiro atoms. The van der Waals surface area contributed by atoms with Gasteiger partial charge < -0.3 is 15.5 Å². The van der Waals surface area contributed by atoms with Crippen LogP contribution < -0.4 is 5.32 Å². The topological polar surface area (TPSA) is 121 Å². The quantitative estimate of drug-likeness (QED) is 0.583. The Morgan fingerprint density at radius 2 is 1.28 bits per heavy atom. The molecule has 0 radical (unpaired) electrons. The number of hydrogen-bond acceptors (Lipinski definition) is 4. The van der Waals surface area contributed by atoms with Crippen LogP contribution in [0.2, 0.25) is 0 Å². The molecule has 0 heterocycles. The lowest BCUT2D eigenvalue weighted by atomic mass is 9.77. The van der Waals surface area contributed by atoms with Gasteiger partial charge in [0.1, 0.15) is 0 Å². The maximum Gasteiger partial charge on any atom is 0.303 e. The molecule has 0 aromatic heterocycles. The third-order valence-corrected chi connectivity index (χ3v) is 4.03. The lowest BCUT2D eigenvalue weighted by Crippen LogP contribution is -2.49. The Hall–Kier alpha value is -1.92. The van der Waals surface area contributed by atoms with Crippen molar-refractivity contribution < 1.29 is 29.4 Å². The van der Waals surface area contributed by atoms with E-state index >= 15 is 0 Å². The van der Waals surface area contributed by atoms with Crippen molar-refractivity contribution >= 4 is 23.6 Å².